The molecule has 0 radical (unpaired) electrons. The van der Waals surface area contributed by atoms with E-state index in [9.17, 15) is 4.79 Å². The van der Waals surface area contributed by atoms with Crippen LogP contribution in [0.1, 0.15) is 27.4 Å². The number of imidazole rings is 1. The highest BCUT2D eigenvalue weighted by Gasteiger charge is 2.14. The van der Waals surface area contributed by atoms with Crippen molar-refractivity contribution in [3.63, 3.8) is 0 Å². The van der Waals surface area contributed by atoms with Crippen molar-refractivity contribution in [1.82, 2.24) is 25.3 Å². The molecule has 0 aliphatic heterocycles. The van der Waals surface area contributed by atoms with E-state index in [4.69, 9.17) is 4.74 Å². The molecule has 4 aromatic rings. The molecule has 0 saturated heterocycles. The molecule has 0 aliphatic carbocycles. The molecule has 7 heteroatoms. The van der Waals surface area contributed by atoms with E-state index in [0.717, 1.165) is 22.6 Å². The van der Waals surface area contributed by atoms with Crippen LogP contribution in [0, 0.1) is 13.8 Å². The summed E-state index contributed by atoms with van der Waals surface area (Å²) in [6, 6.07) is 12.9. The van der Waals surface area contributed by atoms with Gasteiger partial charge in [0.25, 0.3) is 5.91 Å². The number of hydrogen-bond donors (Lipinski definition) is 2. The van der Waals surface area contributed by atoms with Crippen LogP contribution in [0.2, 0.25) is 0 Å². The van der Waals surface area contributed by atoms with Crippen molar-refractivity contribution in [3.05, 3.63) is 77.5 Å². The lowest BCUT2D eigenvalue weighted by molar-refractivity contribution is 0.0952. The van der Waals surface area contributed by atoms with Gasteiger partial charge in [-0.2, -0.15) is 0 Å². The number of nitrogens with one attached hydrogen (secondary N) is 2. The summed E-state index contributed by atoms with van der Waals surface area (Å²) in [7, 11) is 0. The lowest BCUT2D eigenvalue weighted by Crippen LogP contribution is -2.23. The number of aromatic amines is 1. The van der Waals surface area contributed by atoms with Gasteiger partial charge in [0, 0.05) is 24.0 Å². The number of para-hydroxylation sites is 1. The molecule has 1 amide bonds. The van der Waals surface area contributed by atoms with E-state index >= 15 is 0 Å². The van der Waals surface area contributed by atoms with Crippen molar-refractivity contribution in [2.75, 3.05) is 0 Å². The quantitative estimate of drug-likeness (QED) is 0.556. The smallest absolute Gasteiger partial charge is 0.253 e. The van der Waals surface area contributed by atoms with E-state index in [-0.39, 0.29) is 12.5 Å². The molecule has 0 fully saturated rings. The SMILES string of the molecule is Cc1ccc(Oc2ncccc2CNC(=O)c2cccc3[nH]c(C)nc23)cn1. The summed E-state index contributed by atoms with van der Waals surface area (Å²) >= 11 is 0. The fraction of sp³-hybridized carbons (Fsp3) is 0.143. The standard InChI is InChI=1S/C21H19N5O2/c1-13-8-9-16(12-23-13)28-21-15(5-4-10-22-21)11-24-20(27)17-6-3-7-18-19(17)26-14(2)25-18/h3-10,12H,11H2,1-2H3,(H,24,27)(H,25,26). The van der Waals surface area contributed by atoms with Gasteiger partial charge in [0.15, 0.2) is 0 Å². The first-order chi connectivity index (χ1) is 13.6. The predicted molar refractivity (Wildman–Crippen MR) is 105 cm³/mol. The van der Waals surface area contributed by atoms with Crippen molar-refractivity contribution in [3.8, 4) is 11.6 Å². The summed E-state index contributed by atoms with van der Waals surface area (Å²) < 4.78 is 5.83. The van der Waals surface area contributed by atoms with Crippen molar-refractivity contribution in [1.29, 1.82) is 0 Å². The van der Waals surface area contributed by atoms with Crippen molar-refractivity contribution < 1.29 is 9.53 Å². The van der Waals surface area contributed by atoms with Gasteiger partial charge in [-0.15, -0.1) is 0 Å². The fourth-order valence-corrected chi connectivity index (χ4v) is 2.89. The summed E-state index contributed by atoms with van der Waals surface area (Å²) in [4.78, 5) is 28.8. The van der Waals surface area contributed by atoms with Crippen LogP contribution in [0.4, 0.5) is 0 Å². The molecule has 1 aromatic carbocycles. The number of benzene rings is 1. The van der Waals surface area contributed by atoms with Crippen LogP contribution < -0.4 is 10.1 Å². The van der Waals surface area contributed by atoms with E-state index < -0.39 is 0 Å². The molecule has 0 bridgehead atoms. The normalized spacial score (nSPS) is 10.8. The number of pyridine rings is 2. The van der Waals surface area contributed by atoms with E-state index in [0.29, 0.717) is 22.7 Å². The van der Waals surface area contributed by atoms with Crippen LogP contribution in [0.5, 0.6) is 11.6 Å². The number of aromatic nitrogens is 4. The average molecular weight is 373 g/mol. The molecule has 3 heterocycles. The van der Waals surface area contributed by atoms with E-state index in [2.05, 4.69) is 25.3 Å². The topological polar surface area (TPSA) is 92.8 Å². The molecule has 140 valence electrons. The number of rotatable bonds is 5. The monoisotopic (exact) mass is 373 g/mol. The average Bonchev–Trinajstić information content (AvgIpc) is 3.09. The number of nitrogens with zero attached hydrogens (tertiary/aromatic N) is 3. The number of carbonyl (C=O) groups is 1. The molecule has 0 spiro atoms. The molecule has 2 N–H and O–H groups in total. The summed E-state index contributed by atoms with van der Waals surface area (Å²) in [5.41, 5.74) is 3.69. The van der Waals surface area contributed by atoms with Crippen molar-refractivity contribution >= 4 is 16.9 Å². The number of fused-ring (bicyclic) bond motifs is 1. The van der Waals surface area contributed by atoms with Crippen molar-refractivity contribution in [2.24, 2.45) is 0 Å². The maximum Gasteiger partial charge on any atom is 0.253 e. The molecular formula is C21H19N5O2. The minimum absolute atomic E-state index is 0.205. The molecule has 28 heavy (non-hydrogen) atoms. The van der Waals surface area contributed by atoms with Gasteiger partial charge in [0.1, 0.15) is 17.1 Å². The van der Waals surface area contributed by atoms with Crippen molar-refractivity contribution in [2.45, 2.75) is 20.4 Å². The van der Waals surface area contributed by atoms with Crippen LogP contribution in [-0.2, 0) is 6.54 Å². The first-order valence-electron chi connectivity index (χ1n) is 8.88. The Balaban J connectivity index is 1.51. The van der Waals surface area contributed by atoms with Gasteiger partial charge >= 0.3 is 0 Å². The van der Waals surface area contributed by atoms with Gasteiger partial charge < -0.3 is 15.0 Å². The van der Waals surface area contributed by atoms with Gasteiger partial charge in [0.05, 0.1) is 17.3 Å². The molecule has 0 aliphatic rings. The number of aryl methyl sites for hydroxylation is 2. The van der Waals surface area contributed by atoms with E-state index in [1.165, 1.54) is 0 Å². The number of ether oxygens (including phenoxy) is 1. The zero-order valence-electron chi connectivity index (χ0n) is 15.6. The Morgan fingerprint density at radius 3 is 2.82 bits per heavy atom. The van der Waals surface area contributed by atoms with Gasteiger partial charge in [-0.3, -0.25) is 9.78 Å². The molecule has 0 saturated carbocycles. The Hall–Kier alpha value is -3.74. The molecule has 4 rings (SSSR count). The first-order valence-corrected chi connectivity index (χ1v) is 8.88. The lowest BCUT2D eigenvalue weighted by atomic mass is 10.1. The highest BCUT2D eigenvalue weighted by atomic mass is 16.5. The third-order valence-electron chi connectivity index (χ3n) is 4.26. The molecule has 3 aromatic heterocycles. The van der Waals surface area contributed by atoms with Crippen LogP contribution in [0.15, 0.2) is 54.9 Å². The zero-order valence-corrected chi connectivity index (χ0v) is 15.6. The summed E-state index contributed by atoms with van der Waals surface area (Å²) in [6.45, 7) is 4.05. The summed E-state index contributed by atoms with van der Waals surface area (Å²) in [5.74, 6) is 1.59. The first kappa shape index (κ1) is 17.7. The summed E-state index contributed by atoms with van der Waals surface area (Å²) in [5, 5.41) is 2.92. The van der Waals surface area contributed by atoms with Crippen LogP contribution in [0.25, 0.3) is 11.0 Å². The third-order valence-corrected chi connectivity index (χ3v) is 4.26. The number of H-pyrrole nitrogens is 1. The van der Waals surface area contributed by atoms with Gasteiger partial charge in [-0.25, -0.2) is 9.97 Å². The number of amides is 1. The molecular weight excluding hydrogens is 354 g/mol. The van der Waals surface area contributed by atoms with Crippen LogP contribution in [-0.4, -0.2) is 25.8 Å². The Bertz CT molecular complexity index is 1140. The number of hydrogen-bond acceptors (Lipinski definition) is 5. The summed E-state index contributed by atoms with van der Waals surface area (Å²) in [6.07, 6.45) is 3.29. The minimum atomic E-state index is -0.205. The van der Waals surface area contributed by atoms with Crippen LogP contribution in [0.3, 0.4) is 0 Å². The molecule has 0 unspecified atom stereocenters. The molecule has 0 atom stereocenters. The van der Waals surface area contributed by atoms with Gasteiger partial charge in [-0.1, -0.05) is 12.1 Å². The van der Waals surface area contributed by atoms with Gasteiger partial charge in [-0.05, 0) is 44.2 Å². The predicted octanol–water partition coefficient (Wildman–Crippen LogP) is 3.69. The Labute approximate surface area is 161 Å². The van der Waals surface area contributed by atoms with Crippen LogP contribution >= 0.6 is 0 Å². The second-order valence-electron chi connectivity index (χ2n) is 6.41. The zero-order chi connectivity index (χ0) is 19.5. The number of carbonyl (C=O) groups excluding carboxylic acids is 1. The highest BCUT2D eigenvalue weighted by Crippen LogP contribution is 2.22. The maximum atomic E-state index is 12.7. The highest BCUT2D eigenvalue weighted by molar-refractivity contribution is 6.04. The molecule has 7 nitrogen and oxygen atoms in total. The Morgan fingerprint density at radius 1 is 1.11 bits per heavy atom. The third kappa shape index (κ3) is 3.68. The maximum absolute atomic E-state index is 12.7. The van der Waals surface area contributed by atoms with E-state index in [1.54, 1.807) is 24.5 Å². The second kappa shape index (κ2) is 7.48. The van der Waals surface area contributed by atoms with E-state index in [1.807, 2.05) is 44.2 Å². The Kier molecular flexibility index (Phi) is 4.72. The van der Waals surface area contributed by atoms with Gasteiger partial charge in [0.2, 0.25) is 5.88 Å². The largest absolute Gasteiger partial charge is 0.437 e. The Morgan fingerprint density at radius 2 is 2.00 bits per heavy atom. The lowest BCUT2D eigenvalue weighted by Gasteiger charge is -2.11. The minimum Gasteiger partial charge on any atom is -0.437 e. The second-order valence-corrected chi connectivity index (χ2v) is 6.41. The fourth-order valence-electron chi connectivity index (χ4n) is 2.89.